The van der Waals surface area contributed by atoms with Gasteiger partial charge in [-0.25, -0.2) is 9.78 Å². The van der Waals surface area contributed by atoms with E-state index in [1.165, 1.54) is 10.7 Å². The van der Waals surface area contributed by atoms with Crippen molar-refractivity contribution in [3.8, 4) is 0 Å². The van der Waals surface area contributed by atoms with Crippen LogP contribution in [0.2, 0.25) is 0 Å². The molecule has 1 aliphatic rings. The predicted octanol–water partition coefficient (Wildman–Crippen LogP) is 3.78. The van der Waals surface area contributed by atoms with Crippen molar-refractivity contribution >= 4 is 34.5 Å². The molecule has 0 aliphatic carbocycles. The summed E-state index contributed by atoms with van der Waals surface area (Å²) >= 11 is 0. The number of nitrogens with one attached hydrogen (secondary N) is 1. The molecule has 10 nitrogen and oxygen atoms in total. The third kappa shape index (κ3) is 6.58. The molecule has 1 fully saturated rings. The molecule has 1 N–H and O–H groups in total. The summed E-state index contributed by atoms with van der Waals surface area (Å²) in [5.41, 5.74) is -1.21. The highest BCUT2D eigenvalue weighted by Crippen LogP contribution is 2.27. The van der Waals surface area contributed by atoms with Crippen molar-refractivity contribution in [3.63, 3.8) is 0 Å². The zero-order valence-corrected chi connectivity index (χ0v) is 21.1. The molecule has 1 aromatic carbocycles. The standard InChI is InChI=1S/C25H27F3N6O4/c1-24(2,3)38-23(37)33-11-9-32(10-12-33)21(35)15-34-14-16-13-17(7-8-18(16)31-34)29-22(36)19-5-4-6-20(30-19)25(26,27)28/h4-8,13-14H,9-12,15H2,1-3H3,(H,29,36). The summed E-state index contributed by atoms with van der Waals surface area (Å²) in [6, 6.07) is 7.90. The Hall–Kier alpha value is -4.16. The molecule has 1 saturated heterocycles. The third-order valence-electron chi connectivity index (χ3n) is 5.66. The molecule has 3 heterocycles. The van der Waals surface area contributed by atoms with E-state index in [0.29, 0.717) is 42.8 Å². The fraction of sp³-hybridized carbons (Fsp3) is 0.400. The van der Waals surface area contributed by atoms with E-state index in [0.717, 1.165) is 12.1 Å². The minimum absolute atomic E-state index is 0.0169. The normalized spacial score (nSPS) is 14.5. The van der Waals surface area contributed by atoms with Crippen LogP contribution in [0.1, 0.15) is 37.0 Å². The first kappa shape index (κ1) is 26.9. The Labute approximate surface area is 216 Å². The van der Waals surface area contributed by atoms with E-state index in [-0.39, 0.29) is 18.1 Å². The molecule has 1 aliphatic heterocycles. The minimum Gasteiger partial charge on any atom is -0.444 e. The summed E-state index contributed by atoms with van der Waals surface area (Å²) in [6.45, 7) is 6.85. The highest BCUT2D eigenvalue weighted by Gasteiger charge is 2.33. The smallest absolute Gasteiger partial charge is 0.433 e. The van der Waals surface area contributed by atoms with Crippen LogP contribution in [0.15, 0.2) is 42.6 Å². The molecule has 0 saturated carbocycles. The number of piperazine rings is 1. The van der Waals surface area contributed by atoms with Gasteiger partial charge in [0.1, 0.15) is 23.5 Å². The zero-order valence-electron chi connectivity index (χ0n) is 21.1. The first-order chi connectivity index (χ1) is 17.8. The fourth-order valence-electron chi connectivity index (χ4n) is 3.85. The molecule has 0 unspecified atom stereocenters. The number of amides is 3. The number of halogens is 3. The summed E-state index contributed by atoms with van der Waals surface area (Å²) < 4.78 is 45.5. The van der Waals surface area contributed by atoms with Crippen LogP contribution >= 0.6 is 0 Å². The van der Waals surface area contributed by atoms with Crippen molar-refractivity contribution < 1.29 is 32.3 Å². The number of pyridine rings is 1. The van der Waals surface area contributed by atoms with Gasteiger partial charge in [-0.3, -0.25) is 14.3 Å². The van der Waals surface area contributed by atoms with Crippen molar-refractivity contribution in [2.75, 3.05) is 31.5 Å². The largest absolute Gasteiger partial charge is 0.444 e. The van der Waals surface area contributed by atoms with E-state index in [2.05, 4.69) is 15.4 Å². The number of nitrogens with zero attached hydrogens (tertiary/aromatic N) is 5. The Kier molecular flexibility index (Phi) is 7.29. The van der Waals surface area contributed by atoms with E-state index in [1.54, 1.807) is 55.0 Å². The first-order valence-electron chi connectivity index (χ1n) is 11.9. The SMILES string of the molecule is CC(C)(C)OC(=O)N1CCN(C(=O)Cn2cc3cc(NC(=O)c4cccc(C(F)(F)F)n4)ccc3n2)CC1. The second-order valence-electron chi connectivity index (χ2n) is 9.81. The van der Waals surface area contributed by atoms with Crippen LogP contribution in [0.25, 0.3) is 10.9 Å². The number of carbonyl (C=O) groups is 3. The molecular formula is C25H27F3N6O4. The number of ether oxygens (including phenoxy) is 1. The lowest BCUT2D eigenvalue weighted by atomic mass is 10.2. The van der Waals surface area contributed by atoms with Crippen LogP contribution in [-0.4, -0.2) is 74.3 Å². The van der Waals surface area contributed by atoms with Gasteiger partial charge in [0.25, 0.3) is 5.91 Å². The monoisotopic (exact) mass is 532 g/mol. The fourth-order valence-corrected chi connectivity index (χ4v) is 3.85. The van der Waals surface area contributed by atoms with Crippen LogP contribution in [0.3, 0.4) is 0 Å². The molecule has 0 bridgehead atoms. The van der Waals surface area contributed by atoms with Crippen molar-refractivity contribution in [1.29, 1.82) is 0 Å². The van der Waals surface area contributed by atoms with E-state index >= 15 is 0 Å². The molecule has 0 atom stereocenters. The second-order valence-corrected chi connectivity index (χ2v) is 9.81. The number of alkyl halides is 3. The van der Waals surface area contributed by atoms with Crippen molar-refractivity contribution in [2.45, 2.75) is 39.1 Å². The number of fused-ring (bicyclic) bond motifs is 1. The molecule has 3 amide bonds. The van der Waals surface area contributed by atoms with Gasteiger partial charge < -0.3 is 19.9 Å². The van der Waals surface area contributed by atoms with Crippen LogP contribution in [0, 0.1) is 0 Å². The topological polar surface area (TPSA) is 110 Å². The minimum atomic E-state index is -4.66. The molecule has 4 rings (SSSR count). The van der Waals surface area contributed by atoms with Crippen molar-refractivity contribution in [1.82, 2.24) is 24.6 Å². The Morgan fingerprint density at radius 2 is 1.68 bits per heavy atom. The van der Waals surface area contributed by atoms with E-state index < -0.39 is 29.5 Å². The number of carbonyl (C=O) groups excluding carboxylic acids is 3. The van der Waals surface area contributed by atoms with Gasteiger partial charge in [-0.1, -0.05) is 6.07 Å². The molecular weight excluding hydrogens is 505 g/mol. The Morgan fingerprint density at radius 1 is 1.00 bits per heavy atom. The third-order valence-corrected chi connectivity index (χ3v) is 5.66. The Morgan fingerprint density at radius 3 is 2.34 bits per heavy atom. The summed E-state index contributed by atoms with van der Waals surface area (Å²) in [6.07, 6.45) is -3.43. The quantitative estimate of drug-likeness (QED) is 0.548. The van der Waals surface area contributed by atoms with E-state index in [1.807, 2.05) is 0 Å². The molecule has 2 aromatic heterocycles. The Bertz CT molecular complexity index is 1360. The van der Waals surface area contributed by atoms with E-state index in [4.69, 9.17) is 4.74 Å². The predicted molar refractivity (Wildman–Crippen MR) is 131 cm³/mol. The number of anilines is 1. The van der Waals surface area contributed by atoms with Gasteiger partial charge in [-0.15, -0.1) is 0 Å². The van der Waals surface area contributed by atoms with Crippen LogP contribution < -0.4 is 5.32 Å². The zero-order chi connectivity index (χ0) is 27.7. The van der Waals surface area contributed by atoms with Gasteiger partial charge in [0.15, 0.2) is 0 Å². The lowest BCUT2D eigenvalue weighted by Crippen LogP contribution is -2.52. The molecule has 13 heteroatoms. The van der Waals surface area contributed by atoms with Gasteiger partial charge in [-0.2, -0.15) is 18.3 Å². The van der Waals surface area contributed by atoms with Gasteiger partial charge in [-0.05, 0) is 51.1 Å². The number of rotatable bonds is 4. The van der Waals surface area contributed by atoms with Crippen LogP contribution in [0.4, 0.5) is 23.7 Å². The second kappa shape index (κ2) is 10.3. The maximum Gasteiger partial charge on any atom is 0.433 e. The van der Waals surface area contributed by atoms with Crippen molar-refractivity contribution in [2.24, 2.45) is 0 Å². The molecule has 3 aromatic rings. The summed E-state index contributed by atoms with van der Waals surface area (Å²) in [5.74, 6) is -0.950. The van der Waals surface area contributed by atoms with Crippen LogP contribution in [0.5, 0.6) is 0 Å². The van der Waals surface area contributed by atoms with Gasteiger partial charge in [0, 0.05) is 43.4 Å². The lowest BCUT2D eigenvalue weighted by Gasteiger charge is -2.35. The molecule has 0 spiro atoms. The van der Waals surface area contributed by atoms with Crippen LogP contribution in [-0.2, 0) is 22.3 Å². The summed E-state index contributed by atoms with van der Waals surface area (Å²) in [7, 11) is 0. The number of benzene rings is 1. The summed E-state index contributed by atoms with van der Waals surface area (Å²) in [5, 5.41) is 7.54. The van der Waals surface area contributed by atoms with Gasteiger partial charge in [0.05, 0.1) is 5.52 Å². The van der Waals surface area contributed by atoms with Gasteiger partial charge in [0.2, 0.25) is 5.91 Å². The first-order valence-corrected chi connectivity index (χ1v) is 11.9. The van der Waals surface area contributed by atoms with Gasteiger partial charge >= 0.3 is 12.3 Å². The average Bonchev–Trinajstić information content (AvgIpc) is 3.24. The number of hydrogen-bond acceptors (Lipinski definition) is 6. The van der Waals surface area contributed by atoms with Crippen molar-refractivity contribution in [3.05, 3.63) is 54.0 Å². The maximum atomic E-state index is 12.9. The number of hydrogen-bond donors (Lipinski definition) is 1. The average molecular weight is 533 g/mol. The lowest BCUT2D eigenvalue weighted by molar-refractivity contribution is -0.141. The summed E-state index contributed by atoms with van der Waals surface area (Å²) in [4.78, 5) is 44.1. The maximum absolute atomic E-state index is 12.9. The molecule has 38 heavy (non-hydrogen) atoms. The highest BCUT2D eigenvalue weighted by atomic mass is 19.4. The van der Waals surface area contributed by atoms with E-state index in [9.17, 15) is 27.6 Å². The number of aromatic nitrogens is 3. The Balaban J connectivity index is 1.36. The molecule has 202 valence electrons. The molecule has 0 radical (unpaired) electrons. The highest BCUT2D eigenvalue weighted by molar-refractivity contribution is 6.03.